The lowest BCUT2D eigenvalue weighted by molar-refractivity contribution is -0.385. The zero-order valence-corrected chi connectivity index (χ0v) is 12.4. The van der Waals surface area contributed by atoms with Crippen LogP contribution < -0.4 is 5.32 Å². The third kappa shape index (κ3) is 5.86. The van der Waals surface area contributed by atoms with E-state index in [1.165, 1.54) is 0 Å². The van der Waals surface area contributed by atoms with Crippen molar-refractivity contribution in [3.63, 3.8) is 0 Å². The number of nitro benzene ring substituents is 1. The standard InChI is InChI=1S/C14H15F3N2O5/c15-14(16,17)9-5-6-10(11(8-9)19(23)24)13(22)18-7-3-1-2-4-12(20)21/h5-6,8H,1-4,7H2,(H,18,22)(H,20,21). The number of nitro groups is 1. The number of carboxylic acid groups (broad SMARTS) is 1. The summed E-state index contributed by atoms with van der Waals surface area (Å²) in [6.45, 7) is 0.136. The molecule has 0 unspecified atom stereocenters. The van der Waals surface area contributed by atoms with Crippen LogP contribution in [0.5, 0.6) is 0 Å². The summed E-state index contributed by atoms with van der Waals surface area (Å²) in [6.07, 6.45) is -3.34. The molecule has 1 aromatic rings. The van der Waals surface area contributed by atoms with E-state index in [4.69, 9.17) is 5.11 Å². The monoisotopic (exact) mass is 348 g/mol. The lowest BCUT2D eigenvalue weighted by Crippen LogP contribution is -2.25. The van der Waals surface area contributed by atoms with E-state index in [2.05, 4.69) is 5.32 Å². The number of hydrogen-bond acceptors (Lipinski definition) is 4. The third-order valence-electron chi connectivity index (χ3n) is 3.12. The van der Waals surface area contributed by atoms with Crippen LogP contribution in [0.4, 0.5) is 18.9 Å². The van der Waals surface area contributed by atoms with Crippen LogP contribution in [0, 0.1) is 10.1 Å². The number of carboxylic acids is 1. The Balaban J connectivity index is 2.70. The molecule has 1 aromatic carbocycles. The molecule has 0 aliphatic carbocycles. The molecule has 0 aliphatic rings. The van der Waals surface area contributed by atoms with Gasteiger partial charge in [-0.05, 0) is 25.0 Å². The Morgan fingerprint density at radius 1 is 1.21 bits per heavy atom. The van der Waals surface area contributed by atoms with Gasteiger partial charge in [-0.15, -0.1) is 0 Å². The molecule has 10 heteroatoms. The van der Waals surface area contributed by atoms with Crippen molar-refractivity contribution < 1.29 is 32.8 Å². The van der Waals surface area contributed by atoms with Gasteiger partial charge in [-0.3, -0.25) is 19.7 Å². The molecule has 2 N–H and O–H groups in total. The second-order valence-electron chi connectivity index (χ2n) is 4.95. The first-order valence-corrected chi connectivity index (χ1v) is 6.98. The Labute approximate surface area is 134 Å². The molecule has 0 atom stereocenters. The molecule has 0 bridgehead atoms. The minimum atomic E-state index is -4.75. The van der Waals surface area contributed by atoms with E-state index < -0.39 is 39.8 Å². The van der Waals surface area contributed by atoms with E-state index in [1.54, 1.807) is 0 Å². The Morgan fingerprint density at radius 2 is 1.88 bits per heavy atom. The number of nitrogens with one attached hydrogen (secondary N) is 1. The lowest BCUT2D eigenvalue weighted by atomic mass is 10.1. The minimum Gasteiger partial charge on any atom is -0.481 e. The van der Waals surface area contributed by atoms with Gasteiger partial charge in [-0.2, -0.15) is 13.2 Å². The summed E-state index contributed by atoms with van der Waals surface area (Å²) in [5, 5.41) is 21.7. The van der Waals surface area contributed by atoms with Crippen molar-refractivity contribution in [2.45, 2.75) is 31.9 Å². The fourth-order valence-corrected chi connectivity index (χ4v) is 1.93. The molecular formula is C14H15F3N2O5. The Morgan fingerprint density at radius 3 is 2.42 bits per heavy atom. The number of amides is 1. The van der Waals surface area contributed by atoms with Gasteiger partial charge < -0.3 is 10.4 Å². The number of halogens is 3. The van der Waals surface area contributed by atoms with Crippen LogP contribution in [-0.2, 0) is 11.0 Å². The van der Waals surface area contributed by atoms with Crippen molar-refractivity contribution in [1.82, 2.24) is 5.32 Å². The molecule has 0 heterocycles. The Hall–Kier alpha value is -2.65. The van der Waals surface area contributed by atoms with Crippen molar-refractivity contribution in [2.75, 3.05) is 6.54 Å². The van der Waals surface area contributed by atoms with Crippen LogP contribution in [0.2, 0.25) is 0 Å². The molecule has 0 spiro atoms. The summed E-state index contributed by atoms with van der Waals surface area (Å²) < 4.78 is 37.7. The fourth-order valence-electron chi connectivity index (χ4n) is 1.93. The number of nitrogens with zero attached hydrogens (tertiary/aromatic N) is 1. The first kappa shape index (κ1) is 19.4. The Kier molecular flexibility index (Phi) is 6.69. The number of aliphatic carboxylic acids is 1. The maximum Gasteiger partial charge on any atom is 0.416 e. The first-order valence-electron chi connectivity index (χ1n) is 6.98. The van der Waals surface area contributed by atoms with Gasteiger partial charge in [0.15, 0.2) is 0 Å². The second kappa shape index (κ2) is 8.27. The molecule has 132 valence electrons. The number of hydrogen-bond donors (Lipinski definition) is 2. The van der Waals surface area contributed by atoms with Crippen LogP contribution in [-0.4, -0.2) is 28.5 Å². The molecule has 0 saturated heterocycles. The number of unbranched alkanes of at least 4 members (excludes halogenated alkanes) is 2. The molecule has 0 saturated carbocycles. The normalized spacial score (nSPS) is 11.1. The van der Waals surface area contributed by atoms with Gasteiger partial charge in [0.25, 0.3) is 11.6 Å². The van der Waals surface area contributed by atoms with Gasteiger partial charge in [-0.1, -0.05) is 6.42 Å². The van der Waals surface area contributed by atoms with Crippen LogP contribution in [0.15, 0.2) is 18.2 Å². The van der Waals surface area contributed by atoms with Crippen LogP contribution in [0.1, 0.15) is 41.6 Å². The van der Waals surface area contributed by atoms with Crippen molar-refractivity contribution in [3.8, 4) is 0 Å². The highest BCUT2D eigenvalue weighted by molar-refractivity contribution is 5.98. The van der Waals surface area contributed by atoms with Crippen molar-refractivity contribution >= 4 is 17.6 Å². The minimum absolute atomic E-state index is 0.00166. The van der Waals surface area contributed by atoms with Gasteiger partial charge >= 0.3 is 12.1 Å². The highest BCUT2D eigenvalue weighted by Gasteiger charge is 2.33. The van der Waals surface area contributed by atoms with Crippen molar-refractivity contribution in [3.05, 3.63) is 39.4 Å². The number of carbonyl (C=O) groups excluding carboxylic acids is 1. The van der Waals surface area contributed by atoms with Crippen LogP contribution in [0.3, 0.4) is 0 Å². The third-order valence-corrected chi connectivity index (χ3v) is 3.12. The average molecular weight is 348 g/mol. The number of alkyl halides is 3. The molecule has 1 amide bonds. The molecule has 24 heavy (non-hydrogen) atoms. The summed E-state index contributed by atoms with van der Waals surface area (Å²) in [6, 6.07) is 1.69. The summed E-state index contributed by atoms with van der Waals surface area (Å²) in [4.78, 5) is 32.0. The SMILES string of the molecule is O=C(O)CCCCCNC(=O)c1ccc(C(F)(F)F)cc1[N+](=O)[O-]. The summed E-state index contributed by atoms with van der Waals surface area (Å²) in [7, 11) is 0. The van der Waals surface area contributed by atoms with Gasteiger partial charge in [0.2, 0.25) is 0 Å². The predicted octanol–water partition coefficient (Wildman–Crippen LogP) is 2.99. The van der Waals surface area contributed by atoms with Crippen molar-refractivity contribution in [1.29, 1.82) is 0 Å². The molecule has 0 aromatic heterocycles. The van der Waals surface area contributed by atoms with Gasteiger partial charge in [0.1, 0.15) is 5.56 Å². The predicted molar refractivity (Wildman–Crippen MR) is 76.5 cm³/mol. The molecule has 0 aliphatic heterocycles. The van der Waals surface area contributed by atoms with Gasteiger partial charge in [0.05, 0.1) is 10.5 Å². The van der Waals surface area contributed by atoms with Gasteiger partial charge in [-0.25, -0.2) is 0 Å². The summed E-state index contributed by atoms with van der Waals surface area (Å²) in [5.41, 5.74) is -2.59. The van der Waals surface area contributed by atoms with Crippen LogP contribution >= 0.6 is 0 Å². The summed E-state index contributed by atoms with van der Waals surface area (Å²) >= 11 is 0. The number of carbonyl (C=O) groups is 2. The van der Waals surface area contributed by atoms with E-state index in [0.717, 1.165) is 6.07 Å². The van der Waals surface area contributed by atoms with Crippen molar-refractivity contribution in [2.24, 2.45) is 0 Å². The molecule has 1 rings (SSSR count). The lowest BCUT2D eigenvalue weighted by Gasteiger charge is -2.09. The first-order chi connectivity index (χ1) is 11.1. The van der Waals surface area contributed by atoms with E-state index in [9.17, 15) is 32.9 Å². The topological polar surface area (TPSA) is 110 Å². The average Bonchev–Trinajstić information content (AvgIpc) is 2.48. The zero-order chi connectivity index (χ0) is 18.3. The molecule has 0 radical (unpaired) electrons. The fraction of sp³-hybridized carbons (Fsp3) is 0.429. The zero-order valence-electron chi connectivity index (χ0n) is 12.4. The maximum absolute atomic E-state index is 12.6. The highest BCUT2D eigenvalue weighted by Crippen LogP contribution is 2.32. The van der Waals surface area contributed by atoms with Gasteiger partial charge in [0, 0.05) is 19.0 Å². The van der Waals surface area contributed by atoms with E-state index in [-0.39, 0.29) is 13.0 Å². The number of rotatable bonds is 8. The largest absolute Gasteiger partial charge is 0.481 e. The molecular weight excluding hydrogens is 333 g/mol. The van der Waals surface area contributed by atoms with Crippen LogP contribution in [0.25, 0.3) is 0 Å². The Bertz CT molecular complexity index is 631. The maximum atomic E-state index is 12.6. The van der Waals surface area contributed by atoms with E-state index in [1.807, 2.05) is 0 Å². The smallest absolute Gasteiger partial charge is 0.416 e. The van der Waals surface area contributed by atoms with E-state index >= 15 is 0 Å². The second-order valence-corrected chi connectivity index (χ2v) is 4.95. The number of benzene rings is 1. The molecule has 7 nitrogen and oxygen atoms in total. The molecule has 0 fully saturated rings. The highest BCUT2D eigenvalue weighted by atomic mass is 19.4. The summed E-state index contributed by atoms with van der Waals surface area (Å²) in [5.74, 6) is -1.78. The van der Waals surface area contributed by atoms with E-state index in [0.29, 0.717) is 31.4 Å². The quantitative estimate of drug-likeness (QED) is 0.426.